The average molecular weight is 367 g/mol. The maximum absolute atomic E-state index is 12.8. The normalized spacial score (nSPS) is 16.1. The minimum Gasteiger partial charge on any atom is -0.361 e. The Morgan fingerprint density at radius 1 is 1.19 bits per heavy atom. The number of carbonyl (C=O) groups excluding carboxylic acids is 1. The van der Waals surface area contributed by atoms with Gasteiger partial charge in [-0.05, 0) is 32.0 Å². The van der Waals surface area contributed by atoms with Crippen molar-refractivity contribution in [1.29, 1.82) is 0 Å². The van der Waals surface area contributed by atoms with Crippen LogP contribution in [0.1, 0.15) is 32.9 Å². The van der Waals surface area contributed by atoms with Gasteiger partial charge in [0.25, 0.3) is 5.91 Å². The van der Waals surface area contributed by atoms with E-state index in [1.165, 1.54) is 12.1 Å². The number of alkyl halides is 3. The smallest absolute Gasteiger partial charge is 0.361 e. The van der Waals surface area contributed by atoms with Crippen molar-refractivity contribution in [2.24, 2.45) is 0 Å². The standard InChI is InChI=1S/C18H20F3N3O2/c1-12-16(13(2)26-22-12)11-23-6-8-24(9-7-23)17(25)14-4-3-5-15(10-14)18(19,20)21/h3-5,10H,6-9,11H2,1-2H3. The number of halogens is 3. The Balaban J connectivity index is 1.62. The first kappa shape index (κ1) is 18.4. The van der Waals surface area contributed by atoms with Gasteiger partial charge >= 0.3 is 6.18 Å². The Morgan fingerprint density at radius 3 is 2.46 bits per heavy atom. The highest BCUT2D eigenvalue weighted by Gasteiger charge is 2.31. The van der Waals surface area contributed by atoms with Crippen LogP contribution in [-0.2, 0) is 12.7 Å². The summed E-state index contributed by atoms with van der Waals surface area (Å²) in [6.07, 6.45) is -4.46. The summed E-state index contributed by atoms with van der Waals surface area (Å²) in [6.45, 7) is 6.68. The molecule has 0 aliphatic carbocycles. The molecule has 0 atom stereocenters. The molecular weight excluding hydrogens is 347 g/mol. The maximum Gasteiger partial charge on any atom is 0.416 e. The fraction of sp³-hybridized carbons (Fsp3) is 0.444. The summed E-state index contributed by atoms with van der Waals surface area (Å²) in [5, 5.41) is 3.93. The minimum absolute atomic E-state index is 0.0685. The molecule has 140 valence electrons. The Kier molecular flexibility index (Phi) is 5.04. The van der Waals surface area contributed by atoms with E-state index in [1.807, 2.05) is 13.8 Å². The lowest BCUT2D eigenvalue weighted by molar-refractivity contribution is -0.137. The summed E-state index contributed by atoms with van der Waals surface area (Å²) in [5.41, 5.74) is 1.16. The fourth-order valence-electron chi connectivity index (χ4n) is 3.07. The largest absolute Gasteiger partial charge is 0.416 e. The number of benzene rings is 1. The van der Waals surface area contributed by atoms with Crippen LogP contribution in [-0.4, -0.2) is 47.0 Å². The molecule has 0 N–H and O–H groups in total. The van der Waals surface area contributed by atoms with Gasteiger partial charge < -0.3 is 9.42 Å². The molecule has 5 nitrogen and oxygen atoms in total. The number of amides is 1. The molecule has 0 spiro atoms. The van der Waals surface area contributed by atoms with Crippen LogP contribution in [0.15, 0.2) is 28.8 Å². The Labute approximate surface area is 149 Å². The van der Waals surface area contributed by atoms with E-state index in [0.29, 0.717) is 32.7 Å². The third-order valence-corrected chi connectivity index (χ3v) is 4.66. The third kappa shape index (κ3) is 3.90. The van der Waals surface area contributed by atoms with Crippen LogP contribution in [0.2, 0.25) is 0 Å². The van der Waals surface area contributed by atoms with Crippen LogP contribution in [0.5, 0.6) is 0 Å². The van der Waals surface area contributed by atoms with Crippen LogP contribution in [0.3, 0.4) is 0 Å². The van der Waals surface area contributed by atoms with Crippen LogP contribution in [0, 0.1) is 13.8 Å². The number of nitrogens with zero attached hydrogens (tertiary/aromatic N) is 3. The van der Waals surface area contributed by atoms with E-state index in [4.69, 9.17) is 4.52 Å². The lowest BCUT2D eigenvalue weighted by Gasteiger charge is -2.34. The van der Waals surface area contributed by atoms with Crippen molar-refractivity contribution in [3.05, 3.63) is 52.4 Å². The van der Waals surface area contributed by atoms with Crippen LogP contribution < -0.4 is 0 Å². The van der Waals surface area contributed by atoms with E-state index in [1.54, 1.807) is 4.90 Å². The summed E-state index contributed by atoms with van der Waals surface area (Å²) in [5.74, 6) is 0.415. The molecule has 1 fully saturated rings. The number of rotatable bonds is 3. The first-order valence-corrected chi connectivity index (χ1v) is 8.36. The number of aryl methyl sites for hydroxylation is 2. The van der Waals surface area contributed by atoms with E-state index >= 15 is 0 Å². The first-order chi connectivity index (χ1) is 12.3. The summed E-state index contributed by atoms with van der Waals surface area (Å²) in [7, 11) is 0. The molecule has 3 rings (SSSR count). The van der Waals surface area contributed by atoms with E-state index in [-0.39, 0.29) is 11.5 Å². The van der Waals surface area contributed by atoms with Crippen LogP contribution in [0.4, 0.5) is 13.2 Å². The molecule has 0 radical (unpaired) electrons. The van der Waals surface area contributed by atoms with Gasteiger partial charge in [0, 0.05) is 43.9 Å². The molecule has 1 aromatic heterocycles. The minimum atomic E-state index is -4.46. The lowest BCUT2D eigenvalue weighted by Crippen LogP contribution is -2.48. The van der Waals surface area contributed by atoms with Gasteiger partial charge in [0.2, 0.25) is 0 Å². The number of piperazine rings is 1. The summed E-state index contributed by atoms with van der Waals surface area (Å²) >= 11 is 0. The summed E-state index contributed by atoms with van der Waals surface area (Å²) in [6, 6.07) is 4.58. The molecule has 2 heterocycles. The number of hydrogen-bond donors (Lipinski definition) is 0. The van der Waals surface area contributed by atoms with Gasteiger partial charge in [-0.2, -0.15) is 13.2 Å². The topological polar surface area (TPSA) is 49.6 Å². The molecule has 1 aliphatic rings. The van der Waals surface area contributed by atoms with Gasteiger partial charge in [-0.25, -0.2) is 0 Å². The Morgan fingerprint density at radius 2 is 1.88 bits per heavy atom. The second kappa shape index (κ2) is 7.11. The van der Waals surface area contributed by atoms with Crippen molar-refractivity contribution in [1.82, 2.24) is 15.0 Å². The highest BCUT2D eigenvalue weighted by Crippen LogP contribution is 2.29. The number of aromatic nitrogens is 1. The van der Waals surface area contributed by atoms with Gasteiger partial charge in [0.1, 0.15) is 5.76 Å². The number of carbonyl (C=O) groups is 1. The van der Waals surface area contributed by atoms with Gasteiger partial charge in [-0.15, -0.1) is 0 Å². The molecule has 1 amide bonds. The molecule has 2 aromatic rings. The van der Waals surface area contributed by atoms with Crippen LogP contribution >= 0.6 is 0 Å². The predicted octanol–water partition coefficient (Wildman–Crippen LogP) is 3.27. The van der Waals surface area contributed by atoms with Crippen molar-refractivity contribution < 1.29 is 22.5 Å². The van der Waals surface area contributed by atoms with Gasteiger partial charge in [-0.1, -0.05) is 11.2 Å². The second-order valence-electron chi connectivity index (χ2n) is 6.45. The molecule has 26 heavy (non-hydrogen) atoms. The SMILES string of the molecule is Cc1noc(C)c1CN1CCN(C(=O)c2cccc(C(F)(F)F)c2)CC1. The predicted molar refractivity (Wildman–Crippen MR) is 88.6 cm³/mol. The fourth-order valence-corrected chi connectivity index (χ4v) is 3.07. The van der Waals surface area contributed by atoms with Gasteiger partial charge in [-0.3, -0.25) is 9.69 Å². The van der Waals surface area contributed by atoms with E-state index in [9.17, 15) is 18.0 Å². The Hall–Kier alpha value is -2.35. The lowest BCUT2D eigenvalue weighted by atomic mass is 10.1. The van der Waals surface area contributed by atoms with Gasteiger partial charge in [0.15, 0.2) is 0 Å². The highest BCUT2D eigenvalue weighted by molar-refractivity contribution is 5.94. The molecule has 0 unspecified atom stereocenters. The van der Waals surface area contributed by atoms with E-state index < -0.39 is 11.7 Å². The van der Waals surface area contributed by atoms with Gasteiger partial charge in [0.05, 0.1) is 11.3 Å². The maximum atomic E-state index is 12.8. The van der Waals surface area contributed by atoms with Crippen molar-refractivity contribution in [2.75, 3.05) is 26.2 Å². The molecule has 0 bridgehead atoms. The van der Waals surface area contributed by atoms with Crippen molar-refractivity contribution in [3.63, 3.8) is 0 Å². The van der Waals surface area contributed by atoms with E-state index in [0.717, 1.165) is 29.2 Å². The molecule has 8 heteroatoms. The molecule has 0 saturated carbocycles. The average Bonchev–Trinajstić information content (AvgIpc) is 2.93. The van der Waals surface area contributed by atoms with Crippen molar-refractivity contribution in [3.8, 4) is 0 Å². The molecule has 1 aliphatic heterocycles. The van der Waals surface area contributed by atoms with Crippen LogP contribution in [0.25, 0.3) is 0 Å². The summed E-state index contributed by atoms with van der Waals surface area (Å²) in [4.78, 5) is 16.3. The zero-order valence-corrected chi connectivity index (χ0v) is 14.6. The van der Waals surface area contributed by atoms with Crippen molar-refractivity contribution >= 4 is 5.91 Å². The Bertz CT molecular complexity index is 774. The number of hydrogen-bond acceptors (Lipinski definition) is 4. The molecular formula is C18H20F3N3O2. The molecule has 1 aromatic carbocycles. The zero-order valence-electron chi connectivity index (χ0n) is 14.6. The summed E-state index contributed by atoms with van der Waals surface area (Å²) < 4.78 is 43.6. The quantitative estimate of drug-likeness (QED) is 0.836. The zero-order chi connectivity index (χ0) is 18.9. The first-order valence-electron chi connectivity index (χ1n) is 8.36. The second-order valence-corrected chi connectivity index (χ2v) is 6.45. The highest BCUT2D eigenvalue weighted by atomic mass is 19.4. The van der Waals surface area contributed by atoms with Crippen molar-refractivity contribution in [2.45, 2.75) is 26.6 Å². The molecule has 1 saturated heterocycles. The van der Waals surface area contributed by atoms with E-state index in [2.05, 4.69) is 10.1 Å². The monoisotopic (exact) mass is 367 g/mol. The third-order valence-electron chi connectivity index (χ3n) is 4.66.